The third-order valence-electron chi connectivity index (χ3n) is 5.01. The molecule has 0 radical (unpaired) electrons. The van der Waals surface area contributed by atoms with Crippen molar-refractivity contribution in [2.75, 3.05) is 0 Å². The van der Waals surface area contributed by atoms with Crippen LogP contribution in [0, 0.1) is 17.8 Å². The largest absolute Gasteiger partial charge is 0.481 e. The topological polar surface area (TPSA) is 63.6 Å². The van der Waals surface area contributed by atoms with Crippen molar-refractivity contribution in [3.05, 3.63) is 12.2 Å². The Morgan fingerprint density at radius 2 is 1.44 bits per heavy atom. The SMILES string of the molecule is CC(C)CCCCCCCCC(C)OC(=O)C1CC=CCC1C(=O)O. The summed E-state index contributed by atoms with van der Waals surface area (Å²) in [7, 11) is 0. The molecule has 0 aromatic carbocycles. The van der Waals surface area contributed by atoms with Crippen molar-refractivity contribution in [3.63, 3.8) is 0 Å². The number of unbranched alkanes of at least 4 members (excludes halogenated alkanes) is 5. The number of hydrogen-bond donors (Lipinski definition) is 1. The first-order valence-electron chi connectivity index (χ1n) is 10.00. The molecule has 1 aliphatic carbocycles. The van der Waals surface area contributed by atoms with Crippen molar-refractivity contribution in [1.82, 2.24) is 0 Å². The van der Waals surface area contributed by atoms with Crippen LogP contribution in [0.2, 0.25) is 0 Å². The van der Waals surface area contributed by atoms with Crippen molar-refractivity contribution in [3.8, 4) is 0 Å². The number of allylic oxidation sites excluding steroid dienone is 2. The zero-order valence-electron chi connectivity index (χ0n) is 16.2. The minimum Gasteiger partial charge on any atom is -0.481 e. The molecule has 3 unspecified atom stereocenters. The van der Waals surface area contributed by atoms with E-state index in [2.05, 4.69) is 13.8 Å². The molecule has 0 saturated heterocycles. The molecule has 1 N–H and O–H groups in total. The van der Waals surface area contributed by atoms with E-state index in [0.29, 0.717) is 12.8 Å². The Hall–Kier alpha value is -1.32. The van der Waals surface area contributed by atoms with Gasteiger partial charge in [0.15, 0.2) is 0 Å². The molecular weight excluding hydrogens is 316 g/mol. The Bertz CT molecular complexity index is 428. The number of carboxylic acids is 1. The molecule has 3 atom stereocenters. The van der Waals surface area contributed by atoms with Crippen LogP contribution in [0.3, 0.4) is 0 Å². The minimum atomic E-state index is -0.906. The quantitative estimate of drug-likeness (QED) is 0.292. The summed E-state index contributed by atoms with van der Waals surface area (Å²) in [6.45, 7) is 6.45. The van der Waals surface area contributed by atoms with Crippen molar-refractivity contribution in [1.29, 1.82) is 0 Å². The van der Waals surface area contributed by atoms with E-state index in [1.54, 1.807) is 0 Å². The normalized spacial score (nSPS) is 21.3. The van der Waals surface area contributed by atoms with Crippen LogP contribution in [0.5, 0.6) is 0 Å². The Kier molecular flexibility index (Phi) is 10.5. The number of esters is 1. The van der Waals surface area contributed by atoms with Crippen molar-refractivity contribution >= 4 is 11.9 Å². The fourth-order valence-corrected chi connectivity index (χ4v) is 3.38. The summed E-state index contributed by atoms with van der Waals surface area (Å²) in [4.78, 5) is 23.5. The van der Waals surface area contributed by atoms with Crippen LogP contribution in [0.25, 0.3) is 0 Å². The van der Waals surface area contributed by atoms with E-state index in [1.165, 1.54) is 38.5 Å². The average Bonchev–Trinajstić information content (AvgIpc) is 2.56. The number of ether oxygens (including phenoxy) is 1. The van der Waals surface area contributed by atoms with Gasteiger partial charge in [-0.15, -0.1) is 0 Å². The molecule has 0 aromatic heterocycles. The standard InChI is InChI=1S/C21H36O4/c1-16(2)12-8-6-4-5-7-9-13-17(3)25-21(24)19-15-11-10-14-18(19)20(22)23/h10-11,16-19H,4-9,12-15H2,1-3H3,(H,22,23). The molecule has 25 heavy (non-hydrogen) atoms. The van der Waals surface area contributed by atoms with Gasteiger partial charge in [0.05, 0.1) is 17.9 Å². The van der Waals surface area contributed by atoms with E-state index in [9.17, 15) is 14.7 Å². The summed E-state index contributed by atoms with van der Waals surface area (Å²) >= 11 is 0. The second kappa shape index (κ2) is 12.1. The van der Waals surface area contributed by atoms with Gasteiger partial charge in [-0.2, -0.15) is 0 Å². The molecule has 0 aromatic rings. The van der Waals surface area contributed by atoms with Crippen LogP contribution < -0.4 is 0 Å². The fourth-order valence-electron chi connectivity index (χ4n) is 3.38. The minimum absolute atomic E-state index is 0.131. The molecule has 144 valence electrons. The highest BCUT2D eigenvalue weighted by atomic mass is 16.5. The van der Waals surface area contributed by atoms with Gasteiger partial charge in [-0.1, -0.05) is 64.5 Å². The summed E-state index contributed by atoms with van der Waals surface area (Å²) in [5.41, 5.74) is 0. The Balaban J connectivity index is 2.15. The summed E-state index contributed by atoms with van der Waals surface area (Å²) in [5.74, 6) is -1.63. The number of hydrogen-bond acceptors (Lipinski definition) is 3. The monoisotopic (exact) mass is 352 g/mol. The predicted molar refractivity (Wildman–Crippen MR) is 100 cm³/mol. The van der Waals surface area contributed by atoms with Gasteiger partial charge in [0.1, 0.15) is 0 Å². The number of aliphatic carboxylic acids is 1. The molecule has 0 saturated carbocycles. The highest BCUT2D eigenvalue weighted by molar-refractivity contribution is 5.81. The van der Waals surface area contributed by atoms with Crippen LogP contribution in [-0.4, -0.2) is 23.1 Å². The maximum atomic E-state index is 12.3. The van der Waals surface area contributed by atoms with Crippen LogP contribution in [-0.2, 0) is 14.3 Å². The molecule has 4 heteroatoms. The lowest BCUT2D eigenvalue weighted by atomic mass is 9.83. The molecule has 0 amide bonds. The molecular formula is C21H36O4. The van der Waals surface area contributed by atoms with E-state index in [4.69, 9.17) is 4.74 Å². The lowest BCUT2D eigenvalue weighted by Crippen LogP contribution is -2.33. The molecule has 0 spiro atoms. The molecule has 1 rings (SSSR count). The number of carbonyl (C=O) groups is 2. The van der Waals surface area contributed by atoms with E-state index >= 15 is 0 Å². The first kappa shape index (κ1) is 21.7. The second-order valence-electron chi connectivity index (χ2n) is 7.83. The molecule has 4 nitrogen and oxygen atoms in total. The summed E-state index contributed by atoms with van der Waals surface area (Å²) in [5, 5.41) is 9.24. The highest BCUT2D eigenvalue weighted by Crippen LogP contribution is 2.27. The molecule has 0 fully saturated rings. The average molecular weight is 353 g/mol. The molecule has 0 bridgehead atoms. The van der Waals surface area contributed by atoms with Gasteiger partial charge >= 0.3 is 11.9 Å². The third-order valence-corrected chi connectivity index (χ3v) is 5.01. The zero-order valence-corrected chi connectivity index (χ0v) is 16.2. The smallest absolute Gasteiger partial charge is 0.310 e. The van der Waals surface area contributed by atoms with E-state index in [-0.39, 0.29) is 12.1 Å². The fraction of sp³-hybridized carbons (Fsp3) is 0.810. The van der Waals surface area contributed by atoms with Crippen LogP contribution in [0.4, 0.5) is 0 Å². The van der Waals surface area contributed by atoms with Crippen LogP contribution in [0.1, 0.15) is 85.0 Å². The molecule has 1 aliphatic rings. The van der Waals surface area contributed by atoms with Crippen LogP contribution in [0.15, 0.2) is 12.2 Å². The van der Waals surface area contributed by atoms with Crippen molar-refractivity contribution in [2.24, 2.45) is 17.8 Å². The van der Waals surface area contributed by atoms with Gasteiger partial charge in [-0.05, 0) is 38.5 Å². The summed E-state index contributed by atoms with van der Waals surface area (Å²) in [6, 6.07) is 0. The van der Waals surface area contributed by atoms with Gasteiger partial charge in [0, 0.05) is 0 Å². The van der Waals surface area contributed by atoms with Gasteiger partial charge in [0.2, 0.25) is 0 Å². The van der Waals surface area contributed by atoms with E-state index < -0.39 is 17.8 Å². The van der Waals surface area contributed by atoms with Gasteiger partial charge in [-0.25, -0.2) is 0 Å². The third kappa shape index (κ3) is 9.08. The highest BCUT2D eigenvalue weighted by Gasteiger charge is 2.35. The number of rotatable bonds is 12. The Morgan fingerprint density at radius 1 is 0.920 bits per heavy atom. The number of carboxylic acid groups (broad SMARTS) is 1. The van der Waals surface area contributed by atoms with E-state index in [0.717, 1.165) is 18.8 Å². The molecule has 0 heterocycles. The lowest BCUT2D eigenvalue weighted by molar-refractivity contribution is -0.161. The Morgan fingerprint density at radius 3 is 2.00 bits per heavy atom. The lowest BCUT2D eigenvalue weighted by Gasteiger charge is -2.25. The second-order valence-corrected chi connectivity index (χ2v) is 7.83. The maximum Gasteiger partial charge on any atom is 0.310 e. The first-order chi connectivity index (χ1) is 11.9. The molecule has 0 aliphatic heterocycles. The van der Waals surface area contributed by atoms with E-state index in [1.807, 2.05) is 19.1 Å². The van der Waals surface area contributed by atoms with Crippen molar-refractivity contribution < 1.29 is 19.4 Å². The van der Waals surface area contributed by atoms with Gasteiger partial charge < -0.3 is 9.84 Å². The predicted octanol–water partition coefficient (Wildman–Crippen LogP) is 5.36. The zero-order chi connectivity index (χ0) is 18.7. The maximum absolute atomic E-state index is 12.3. The van der Waals surface area contributed by atoms with Gasteiger partial charge in [0.25, 0.3) is 0 Å². The summed E-state index contributed by atoms with van der Waals surface area (Å²) in [6.07, 6.45) is 14.1. The van der Waals surface area contributed by atoms with Crippen LogP contribution >= 0.6 is 0 Å². The summed E-state index contributed by atoms with van der Waals surface area (Å²) < 4.78 is 5.51. The number of carbonyl (C=O) groups excluding carboxylic acids is 1. The van der Waals surface area contributed by atoms with Crippen molar-refractivity contribution in [2.45, 2.75) is 91.1 Å². The Labute approximate surface area is 153 Å². The first-order valence-corrected chi connectivity index (χ1v) is 10.00. The van der Waals surface area contributed by atoms with Gasteiger partial charge in [-0.3, -0.25) is 9.59 Å².